The molecule has 0 aromatic carbocycles. The molecule has 1 heterocycles. The summed E-state index contributed by atoms with van der Waals surface area (Å²) in [5.41, 5.74) is 4.89. The third-order valence-corrected chi connectivity index (χ3v) is 2.33. The first-order valence-corrected chi connectivity index (χ1v) is 4.37. The number of anilines is 1. The quantitative estimate of drug-likeness (QED) is 0.752. The number of nitrogens with zero attached hydrogens (tertiary/aromatic N) is 2. The Bertz CT molecular complexity index is 359. The molecule has 1 aromatic heterocycles. The smallest absolute Gasteiger partial charge is 0.333 e. The van der Waals surface area contributed by atoms with Crippen molar-refractivity contribution in [3.05, 3.63) is 11.3 Å². The fraction of sp³-hybridized carbons (Fsp3) is 0.500. The summed E-state index contributed by atoms with van der Waals surface area (Å²) in [7, 11) is 1.31. The van der Waals surface area contributed by atoms with E-state index in [-0.39, 0.29) is 5.15 Å². The lowest BCUT2D eigenvalue weighted by Gasteiger charge is -2.22. The number of ether oxygens (including phenoxy) is 1. The molecule has 0 atom stereocenters. The van der Waals surface area contributed by atoms with Crippen molar-refractivity contribution in [1.82, 2.24) is 9.78 Å². The topological polar surface area (TPSA) is 70.1 Å². The molecule has 2 N–H and O–H groups in total. The van der Waals surface area contributed by atoms with Crippen LogP contribution in [-0.2, 0) is 15.1 Å². The van der Waals surface area contributed by atoms with Crippen molar-refractivity contribution >= 4 is 23.3 Å². The lowest BCUT2D eigenvalue weighted by Crippen LogP contribution is -2.37. The summed E-state index contributed by atoms with van der Waals surface area (Å²) < 4.78 is 5.96. The lowest BCUT2D eigenvalue weighted by molar-refractivity contribution is -0.150. The Morgan fingerprint density at radius 2 is 2.29 bits per heavy atom. The summed E-state index contributed by atoms with van der Waals surface area (Å²) in [6.07, 6.45) is 1.40. The molecule has 1 rings (SSSR count). The number of hydrogen-bond donors (Lipinski definition) is 1. The Morgan fingerprint density at radius 3 is 2.64 bits per heavy atom. The van der Waals surface area contributed by atoms with Crippen LogP contribution in [0.5, 0.6) is 0 Å². The zero-order chi connectivity index (χ0) is 10.9. The predicted molar refractivity (Wildman–Crippen MR) is 53.0 cm³/mol. The molecule has 5 nitrogen and oxygen atoms in total. The van der Waals surface area contributed by atoms with Gasteiger partial charge in [-0.05, 0) is 13.8 Å². The Hall–Kier alpha value is -1.23. The summed E-state index contributed by atoms with van der Waals surface area (Å²) in [4.78, 5) is 11.4. The van der Waals surface area contributed by atoms with Crippen LogP contribution in [0.25, 0.3) is 0 Å². The highest BCUT2D eigenvalue weighted by molar-refractivity contribution is 6.32. The van der Waals surface area contributed by atoms with Crippen LogP contribution in [0.2, 0.25) is 5.15 Å². The van der Waals surface area contributed by atoms with Gasteiger partial charge in [-0.3, -0.25) is 0 Å². The van der Waals surface area contributed by atoms with Gasteiger partial charge >= 0.3 is 5.97 Å². The fourth-order valence-corrected chi connectivity index (χ4v) is 1.38. The van der Waals surface area contributed by atoms with Crippen molar-refractivity contribution in [1.29, 1.82) is 0 Å². The molecule has 14 heavy (non-hydrogen) atoms. The summed E-state index contributed by atoms with van der Waals surface area (Å²) in [5, 5.41) is 4.15. The van der Waals surface area contributed by atoms with Crippen LogP contribution in [0.15, 0.2) is 6.20 Å². The van der Waals surface area contributed by atoms with Gasteiger partial charge in [0.15, 0.2) is 10.7 Å². The number of nitrogen functional groups attached to an aromatic ring is 1. The number of carbonyl (C=O) groups is 1. The molecule has 0 aliphatic rings. The maximum Gasteiger partial charge on any atom is 0.333 e. The molecule has 0 aliphatic heterocycles. The summed E-state index contributed by atoms with van der Waals surface area (Å²) in [6.45, 7) is 3.30. The van der Waals surface area contributed by atoms with E-state index >= 15 is 0 Å². The van der Waals surface area contributed by atoms with E-state index in [1.54, 1.807) is 13.8 Å². The molecule has 0 bridgehead atoms. The zero-order valence-electron chi connectivity index (χ0n) is 8.24. The number of esters is 1. The van der Waals surface area contributed by atoms with Gasteiger partial charge in [-0.15, -0.1) is 0 Å². The second kappa shape index (κ2) is 3.49. The molecule has 0 saturated heterocycles. The Morgan fingerprint density at radius 1 is 1.71 bits per heavy atom. The summed E-state index contributed by atoms with van der Waals surface area (Å²) in [5.74, 6) is -0.428. The summed E-state index contributed by atoms with van der Waals surface area (Å²) in [6, 6.07) is 0. The third kappa shape index (κ3) is 1.55. The van der Waals surface area contributed by atoms with E-state index in [9.17, 15) is 4.79 Å². The van der Waals surface area contributed by atoms with Crippen LogP contribution in [0.3, 0.4) is 0 Å². The van der Waals surface area contributed by atoms with Gasteiger partial charge in [0.1, 0.15) is 0 Å². The summed E-state index contributed by atoms with van der Waals surface area (Å²) >= 11 is 5.86. The second-order valence-electron chi connectivity index (χ2n) is 3.35. The molecule has 0 unspecified atom stereocenters. The molecule has 78 valence electrons. The maximum atomic E-state index is 11.4. The van der Waals surface area contributed by atoms with E-state index < -0.39 is 11.5 Å². The first kappa shape index (κ1) is 10.8. The minimum Gasteiger partial charge on any atom is -0.467 e. The molecule has 0 aliphatic carbocycles. The molecule has 0 spiro atoms. The van der Waals surface area contributed by atoms with Gasteiger partial charge in [-0.2, -0.15) is 5.10 Å². The largest absolute Gasteiger partial charge is 0.467 e. The van der Waals surface area contributed by atoms with E-state index in [4.69, 9.17) is 17.3 Å². The molecule has 0 radical (unpaired) electrons. The standard InChI is InChI=1S/C8H12ClN3O2/c1-8(2,7(13)14-3)12-6(9)5(10)4-11-12/h4H,10H2,1-3H3. The van der Waals surface area contributed by atoms with E-state index in [2.05, 4.69) is 9.84 Å². The van der Waals surface area contributed by atoms with Gasteiger partial charge < -0.3 is 10.5 Å². The number of aromatic nitrogens is 2. The fourth-order valence-electron chi connectivity index (χ4n) is 1.07. The van der Waals surface area contributed by atoms with Crippen LogP contribution in [0.1, 0.15) is 13.8 Å². The van der Waals surface area contributed by atoms with Crippen LogP contribution < -0.4 is 5.73 Å². The average Bonchev–Trinajstić information content (AvgIpc) is 2.46. The van der Waals surface area contributed by atoms with Gasteiger partial charge in [0.2, 0.25) is 0 Å². The van der Waals surface area contributed by atoms with Gasteiger partial charge in [0.05, 0.1) is 19.0 Å². The third-order valence-electron chi connectivity index (χ3n) is 1.95. The van der Waals surface area contributed by atoms with Crippen molar-refractivity contribution in [2.45, 2.75) is 19.4 Å². The second-order valence-corrected chi connectivity index (χ2v) is 3.71. The van der Waals surface area contributed by atoms with E-state index in [0.717, 1.165) is 0 Å². The highest BCUT2D eigenvalue weighted by Crippen LogP contribution is 2.25. The normalized spacial score (nSPS) is 11.4. The van der Waals surface area contributed by atoms with E-state index in [1.165, 1.54) is 18.0 Å². The van der Waals surface area contributed by atoms with Gasteiger partial charge in [-0.25, -0.2) is 9.48 Å². The van der Waals surface area contributed by atoms with Crippen LogP contribution in [0.4, 0.5) is 5.69 Å². The van der Waals surface area contributed by atoms with Crippen molar-refractivity contribution in [3.63, 3.8) is 0 Å². The number of halogens is 1. The first-order chi connectivity index (χ1) is 6.41. The van der Waals surface area contributed by atoms with Crippen molar-refractivity contribution < 1.29 is 9.53 Å². The van der Waals surface area contributed by atoms with Crippen molar-refractivity contribution in [3.8, 4) is 0 Å². The first-order valence-electron chi connectivity index (χ1n) is 3.99. The molecule has 1 aromatic rings. The van der Waals surface area contributed by atoms with E-state index in [1.807, 2.05) is 0 Å². The Kier molecular flexibility index (Phi) is 2.71. The number of methoxy groups -OCH3 is 1. The molecule has 0 saturated carbocycles. The number of nitrogens with two attached hydrogens (primary N) is 1. The minimum atomic E-state index is -0.955. The number of carbonyl (C=O) groups excluding carboxylic acids is 1. The SMILES string of the molecule is COC(=O)C(C)(C)n1ncc(N)c1Cl. The molecule has 0 fully saturated rings. The predicted octanol–water partition coefficient (Wildman–Crippen LogP) is 1.03. The number of hydrogen-bond acceptors (Lipinski definition) is 4. The lowest BCUT2D eigenvalue weighted by atomic mass is 10.1. The van der Waals surface area contributed by atoms with Crippen molar-refractivity contribution in [2.24, 2.45) is 0 Å². The van der Waals surface area contributed by atoms with Crippen LogP contribution in [-0.4, -0.2) is 22.9 Å². The van der Waals surface area contributed by atoms with Crippen molar-refractivity contribution in [2.75, 3.05) is 12.8 Å². The highest BCUT2D eigenvalue weighted by Gasteiger charge is 2.33. The van der Waals surface area contributed by atoms with E-state index in [0.29, 0.717) is 5.69 Å². The molecular weight excluding hydrogens is 206 g/mol. The Labute approximate surface area is 86.8 Å². The minimum absolute atomic E-state index is 0.236. The van der Waals surface area contributed by atoms with Crippen LogP contribution >= 0.6 is 11.6 Å². The van der Waals surface area contributed by atoms with Gasteiger partial charge in [-0.1, -0.05) is 11.6 Å². The monoisotopic (exact) mass is 217 g/mol. The molecular formula is C8H12ClN3O2. The molecule has 6 heteroatoms. The Balaban J connectivity index is 3.16. The molecule has 0 amide bonds. The zero-order valence-corrected chi connectivity index (χ0v) is 9.00. The maximum absolute atomic E-state index is 11.4. The van der Waals surface area contributed by atoms with Gasteiger partial charge in [0, 0.05) is 0 Å². The van der Waals surface area contributed by atoms with Crippen LogP contribution in [0, 0.1) is 0 Å². The number of rotatable bonds is 2. The highest BCUT2D eigenvalue weighted by atomic mass is 35.5. The van der Waals surface area contributed by atoms with Gasteiger partial charge in [0.25, 0.3) is 0 Å². The average molecular weight is 218 g/mol.